The van der Waals surface area contributed by atoms with Crippen molar-refractivity contribution in [3.63, 3.8) is 0 Å². The van der Waals surface area contributed by atoms with Gasteiger partial charge in [-0.15, -0.1) is 0 Å². The maximum Gasteiger partial charge on any atom is 0.255 e. The van der Waals surface area contributed by atoms with E-state index in [-0.39, 0.29) is 5.91 Å². The molecular formula is C21H26N4O2. The summed E-state index contributed by atoms with van der Waals surface area (Å²) >= 11 is 0. The summed E-state index contributed by atoms with van der Waals surface area (Å²) in [4.78, 5) is 21.1. The molecule has 0 unspecified atom stereocenters. The molecule has 1 aromatic carbocycles. The molecule has 1 N–H and O–H groups in total. The van der Waals surface area contributed by atoms with Crippen LogP contribution in [0.2, 0.25) is 0 Å². The molecular weight excluding hydrogens is 340 g/mol. The summed E-state index contributed by atoms with van der Waals surface area (Å²) in [7, 11) is 0. The lowest BCUT2D eigenvalue weighted by molar-refractivity contribution is 0.0302. The molecule has 1 amide bonds. The molecule has 0 spiro atoms. The Labute approximate surface area is 160 Å². The minimum Gasteiger partial charge on any atom is -0.378 e. The molecule has 142 valence electrons. The lowest BCUT2D eigenvalue weighted by Crippen LogP contribution is -2.40. The Morgan fingerprint density at radius 2 is 1.67 bits per heavy atom. The second-order valence-electron chi connectivity index (χ2n) is 7.06. The lowest BCUT2D eigenvalue weighted by atomic mass is 10.1. The number of nitrogens with one attached hydrogen (secondary N) is 1. The zero-order valence-corrected chi connectivity index (χ0v) is 15.6. The van der Waals surface area contributed by atoms with E-state index < -0.39 is 0 Å². The standard InChI is InChI=1S/C21H26N4O2/c26-21(25-12-14-27-15-13-25)17-4-9-20(22-16-17)23-18-5-7-19(8-6-18)24-10-2-1-3-11-24/h4-9,16H,1-3,10-15H2,(H,22,23). The first-order valence-corrected chi connectivity index (χ1v) is 9.75. The van der Waals surface area contributed by atoms with Crippen LogP contribution in [0.4, 0.5) is 17.2 Å². The molecule has 2 aliphatic rings. The number of rotatable bonds is 4. The number of carbonyl (C=O) groups is 1. The number of anilines is 3. The Morgan fingerprint density at radius 3 is 2.33 bits per heavy atom. The molecule has 2 fully saturated rings. The monoisotopic (exact) mass is 366 g/mol. The first kappa shape index (κ1) is 17.8. The fourth-order valence-electron chi connectivity index (χ4n) is 3.60. The fraction of sp³-hybridized carbons (Fsp3) is 0.429. The van der Waals surface area contributed by atoms with Crippen LogP contribution in [0.5, 0.6) is 0 Å². The highest BCUT2D eigenvalue weighted by Gasteiger charge is 2.18. The Hall–Kier alpha value is -2.60. The predicted octanol–water partition coefficient (Wildman–Crippen LogP) is 3.29. The number of pyridine rings is 1. The highest BCUT2D eigenvalue weighted by atomic mass is 16.5. The van der Waals surface area contributed by atoms with Gasteiger partial charge in [0, 0.05) is 43.8 Å². The highest BCUT2D eigenvalue weighted by Crippen LogP contribution is 2.23. The van der Waals surface area contributed by atoms with Crippen molar-refractivity contribution in [1.29, 1.82) is 0 Å². The number of aromatic nitrogens is 1. The van der Waals surface area contributed by atoms with E-state index in [9.17, 15) is 4.79 Å². The molecule has 2 saturated heterocycles. The number of nitrogens with zero attached hydrogens (tertiary/aromatic N) is 3. The molecule has 2 aliphatic heterocycles. The number of ether oxygens (including phenoxy) is 1. The number of morpholine rings is 1. The van der Waals surface area contributed by atoms with E-state index in [4.69, 9.17) is 4.74 Å². The maximum atomic E-state index is 12.5. The van der Waals surface area contributed by atoms with Gasteiger partial charge < -0.3 is 19.9 Å². The van der Waals surface area contributed by atoms with Crippen molar-refractivity contribution in [2.75, 3.05) is 49.6 Å². The van der Waals surface area contributed by atoms with E-state index in [0.29, 0.717) is 31.9 Å². The van der Waals surface area contributed by atoms with Gasteiger partial charge in [-0.3, -0.25) is 4.79 Å². The molecule has 1 aromatic heterocycles. The zero-order valence-electron chi connectivity index (χ0n) is 15.6. The third kappa shape index (κ3) is 4.39. The van der Waals surface area contributed by atoms with Crippen molar-refractivity contribution in [2.45, 2.75) is 19.3 Å². The van der Waals surface area contributed by atoms with Crippen LogP contribution >= 0.6 is 0 Å². The molecule has 0 atom stereocenters. The first-order valence-electron chi connectivity index (χ1n) is 9.75. The summed E-state index contributed by atoms with van der Waals surface area (Å²) in [6.07, 6.45) is 5.53. The van der Waals surface area contributed by atoms with Gasteiger partial charge in [-0.05, 0) is 55.7 Å². The molecule has 3 heterocycles. The molecule has 4 rings (SSSR count). The van der Waals surface area contributed by atoms with Crippen molar-refractivity contribution in [3.05, 3.63) is 48.2 Å². The number of hydrogen-bond acceptors (Lipinski definition) is 5. The van der Waals surface area contributed by atoms with Crippen molar-refractivity contribution in [3.8, 4) is 0 Å². The van der Waals surface area contributed by atoms with Crippen LogP contribution in [-0.2, 0) is 4.74 Å². The average molecular weight is 366 g/mol. The normalized spacial score (nSPS) is 17.6. The van der Waals surface area contributed by atoms with E-state index in [2.05, 4.69) is 39.5 Å². The molecule has 0 aliphatic carbocycles. The van der Waals surface area contributed by atoms with Gasteiger partial charge in [0.1, 0.15) is 5.82 Å². The summed E-state index contributed by atoms with van der Waals surface area (Å²) in [5.74, 6) is 0.752. The van der Waals surface area contributed by atoms with Gasteiger partial charge in [0.15, 0.2) is 0 Å². The second-order valence-corrected chi connectivity index (χ2v) is 7.06. The molecule has 2 aromatic rings. The van der Waals surface area contributed by atoms with Crippen LogP contribution in [0, 0.1) is 0 Å². The Balaban J connectivity index is 1.37. The molecule has 6 heteroatoms. The van der Waals surface area contributed by atoms with Crippen molar-refractivity contribution in [2.24, 2.45) is 0 Å². The summed E-state index contributed by atoms with van der Waals surface area (Å²) < 4.78 is 5.30. The maximum absolute atomic E-state index is 12.5. The minimum atomic E-state index is 0.0169. The molecule has 27 heavy (non-hydrogen) atoms. The zero-order chi connectivity index (χ0) is 18.5. The minimum absolute atomic E-state index is 0.0169. The Bertz CT molecular complexity index is 749. The molecule has 0 bridgehead atoms. The number of benzene rings is 1. The van der Waals surface area contributed by atoms with Gasteiger partial charge in [0.25, 0.3) is 5.91 Å². The average Bonchev–Trinajstić information content (AvgIpc) is 2.76. The Morgan fingerprint density at radius 1 is 0.926 bits per heavy atom. The van der Waals surface area contributed by atoms with Crippen LogP contribution in [-0.4, -0.2) is 55.2 Å². The number of hydrogen-bond donors (Lipinski definition) is 1. The Kier molecular flexibility index (Phi) is 5.53. The van der Waals surface area contributed by atoms with Crippen LogP contribution in [0.3, 0.4) is 0 Å². The summed E-state index contributed by atoms with van der Waals surface area (Å²) in [5.41, 5.74) is 2.89. The van der Waals surface area contributed by atoms with Gasteiger partial charge in [-0.2, -0.15) is 0 Å². The third-order valence-electron chi connectivity index (χ3n) is 5.17. The molecule has 6 nitrogen and oxygen atoms in total. The van der Waals surface area contributed by atoms with Crippen LogP contribution in [0.15, 0.2) is 42.6 Å². The van der Waals surface area contributed by atoms with Gasteiger partial charge >= 0.3 is 0 Å². The van der Waals surface area contributed by atoms with Gasteiger partial charge in [-0.25, -0.2) is 4.98 Å². The van der Waals surface area contributed by atoms with E-state index in [1.807, 2.05) is 17.0 Å². The largest absolute Gasteiger partial charge is 0.378 e. The van der Waals surface area contributed by atoms with E-state index in [0.717, 1.165) is 24.6 Å². The predicted molar refractivity (Wildman–Crippen MR) is 107 cm³/mol. The second kappa shape index (κ2) is 8.39. The van der Waals surface area contributed by atoms with Gasteiger partial charge in [-0.1, -0.05) is 0 Å². The van der Waals surface area contributed by atoms with Crippen LogP contribution in [0.1, 0.15) is 29.6 Å². The lowest BCUT2D eigenvalue weighted by Gasteiger charge is -2.28. The SMILES string of the molecule is O=C(c1ccc(Nc2ccc(N3CCCCC3)cc2)nc1)N1CCOCC1. The van der Waals surface area contributed by atoms with Gasteiger partial charge in [0.2, 0.25) is 0 Å². The summed E-state index contributed by atoms with van der Waals surface area (Å²) in [6.45, 7) is 4.78. The van der Waals surface area contributed by atoms with Crippen LogP contribution < -0.4 is 10.2 Å². The smallest absolute Gasteiger partial charge is 0.255 e. The van der Waals surface area contributed by atoms with E-state index in [1.165, 1.54) is 24.9 Å². The molecule has 0 radical (unpaired) electrons. The quantitative estimate of drug-likeness (QED) is 0.900. The van der Waals surface area contributed by atoms with E-state index in [1.54, 1.807) is 6.20 Å². The third-order valence-corrected chi connectivity index (χ3v) is 5.17. The van der Waals surface area contributed by atoms with Crippen molar-refractivity contribution < 1.29 is 9.53 Å². The molecule has 0 saturated carbocycles. The first-order chi connectivity index (χ1) is 13.3. The topological polar surface area (TPSA) is 57.7 Å². The van der Waals surface area contributed by atoms with Crippen molar-refractivity contribution >= 4 is 23.1 Å². The highest BCUT2D eigenvalue weighted by molar-refractivity contribution is 5.94. The van der Waals surface area contributed by atoms with Crippen molar-refractivity contribution in [1.82, 2.24) is 9.88 Å². The number of amides is 1. The number of carbonyl (C=O) groups excluding carboxylic acids is 1. The summed E-state index contributed by atoms with van der Waals surface area (Å²) in [5, 5.41) is 3.31. The van der Waals surface area contributed by atoms with E-state index >= 15 is 0 Å². The van der Waals surface area contributed by atoms with Crippen LogP contribution in [0.25, 0.3) is 0 Å². The number of piperidine rings is 1. The van der Waals surface area contributed by atoms with Gasteiger partial charge in [0.05, 0.1) is 18.8 Å². The fourth-order valence-corrected chi connectivity index (χ4v) is 3.60. The summed E-state index contributed by atoms with van der Waals surface area (Å²) in [6, 6.07) is 12.2.